The van der Waals surface area contributed by atoms with Crippen molar-refractivity contribution in [2.45, 2.75) is 25.7 Å². The van der Waals surface area contributed by atoms with E-state index in [0.29, 0.717) is 0 Å². The maximum atomic E-state index is 8.00. The maximum absolute atomic E-state index is 8.00. The van der Waals surface area contributed by atoms with Crippen molar-refractivity contribution in [2.75, 3.05) is 0 Å². The van der Waals surface area contributed by atoms with Crippen LogP contribution in [0.5, 0.6) is 0 Å². The summed E-state index contributed by atoms with van der Waals surface area (Å²) >= 11 is 0. The fourth-order valence-corrected chi connectivity index (χ4v) is 0.250. The second-order valence-electron chi connectivity index (χ2n) is 1.41. The molecular formula is C8H16CrO4. The number of carbonyl (C=O) groups is 4. The van der Waals surface area contributed by atoms with Crippen LogP contribution in [-0.4, -0.2) is 27.2 Å². The topological polar surface area (TPSA) is 68.3 Å². The van der Waals surface area contributed by atoms with Gasteiger partial charge in [0.2, 0.25) is 0 Å². The molecule has 0 aromatic heterocycles. The van der Waals surface area contributed by atoms with Crippen LogP contribution in [0.25, 0.3) is 0 Å². The second kappa shape index (κ2) is 113. The van der Waals surface area contributed by atoms with Gasteiger partial charge in [-0.3, -0.25) is 0 Å². The van der Waals surface area contributed by atoms with Crippen molar-refractivity contribution in [3.63, 3.8) is 0 Å². The van der Waals surface area contributed by atoms with Crippen LogP contribution in [0.4, 0.5) is 0 Å². The SMILES string of the molecule is C1CCC1.C=O.C=O.C=O.C=O.[Cr]. The molecule has 0 atom stereocenters. The van der Waals surface area contributed by atoms with Crippen LogP contribution >= 0.6 is 0 Å². The predicted octanol–water partition coefficient (Wildman–Crippen LogP) is 0.818. The fourth-order valence-electron chi connectivity index (χ4n) is 0.250. The van der Waals surface area contributed by atoms with Crippen LogP contribution in [0.2, 0.25) is 0 Å². The molecule has 4 nitrogen and oxygen atoms in total. The molecule has 1 aliphatic carbocycles. The smallest absolute Gasteiger partial charge is 0.106 e. The van der Waals surface area contributed by atoms with Gasteiger partial charge < -0.3 is 19.2 Å². The summed E-state index contributed by atoms with van der Waals surface area (Å²) in [6, 6.07) is 0. The molecule has 0 bridgehead atoms. The summed E-state index contributed by atoms with van der Waals surface area (Å²) in [7, 11) is 0. The van der Waals surface area contributed by atoms with Crippen molar-refractivity contribution < 1.29 is 36.5 Å². The predicted molar refractivity (Wildman–Crippen MR) is 47.0 cm³/mol. The Hall–Kier alpha value is -0.788. The van der Waals surface area contributed by atoms with Crippen LogP contribution in [0, 0.1) is 0 Å². The third-order valence-electron chi connectivity index (χ3n) is 1.000. The van der Waals surface area contributed by atoms with Gasteiger partial charge in [-0.15, -0.1) is 0 Å². The van der Waals surface area contributed by atoms with Crippen molar-refractivity contribution in [2.24, 2.45) is 0 Å². The molecule has 0 aliphatic heterocycles. The molecule has 1 aliphatic rings. The van der Waals surface area contributed by atoms with E-state index in [1.54, 1.807) is 0 Å². The molecule has 0 unspecified atom stereocenters. The van der Waals surface area contributed by atoms with E-state index < -0.39 is 0 Å². The number of rotatable bonds is 0. The van der Waals surface area contributed by atoms with Gasteiger partial charge in [-0.1, -0.05) is 25.7 Å². The number of carbonyl (C=O) groups excluding carboxylic acids is 4. The molecule has 0 saturated heterocycles. The van der Waals surface area contributed by atoms with Crippen LogP contribution in [0.1, 0.15) is 25.7 Å². The van der Waals surface area contributed by atoms with Crippen LogP contribution < -0.4 is 0 Å². The van der Waals surface area contributed by atoms with Crippen LogP contribution in [0.15, 0.2) is 0 Å². The Labute approximate surface area is 89.8 Å². The summed E-state index contributed by atoms with van der Waals surface area (Å²) in [6.07, 6.45) is 6.00. The minimum atomic E-state index is 0. The van der Waals surface area contributed by atoms with Crippen molar-refractivity contribution in [3.8, 4) is 0 Å². The summed E-state index contributed by atoms with van der Waals surface area (Å²) in [5, 5.41) is 0. The van der Waals surface area contributed by atoms with E-state index in [1.165, 1.54) is 25.7 Å². The van der Waals surface area contributed by atoms with Gasteiger partial charge in [0, 0.05) is 17.4 Å². The second-order valence-corrected chi connectivity index (χ2v) is 1.41. The molecular weight excluding hydrogens is 212 g/mol. The molecule has 5 heteroatoms. The van der Waals surface area contributed by atoms with E-state index >= 15 is 0 Å². The molecule has 0 N–H and O–H groups in total. The Kier molecular flexibility index (Phi) is 257. The average Bonchev–Trinajstić information content (AvgIpc) is 2.14. The van der Waals surface area contributed by atoms with E-state index in [1.807, 2.05) is 27.2 Å². The van der Waals surface area contributed by atoms with Crippen molar-refractivity contribution >= 4 is 27.2 Å². The molecule has 0 radical (unpaired) electrons. The average molecular weight is 228 g/mol. The quantitative estimate of drug-likeness (QED) is 0.615. The van der Waals surface area contributed by atoms with Crippen molar-refractivity contribution in [1.29, 1.82) is 0 Å². The monoisotopic (exact) mass is 228 g/mol. The minimum Gasteiger partial charge on any atom is -0.307 e. The van der Waals surface area contributed by atoms with Gasteiger partial charge in [-0.25, -0.2) is 0 Å². The minimum absolute atomic E-state index is 0. The summed E-state index contributed by atoms with van der Waals surface area (Å²) in [5.41, 5.74) is 0. The molecule has 13 heavy (non-hydrogen) atoms. The van der Waals surface area contributed by atoms with Gasteiger partial charge in [0.1, 0.15) is 27.2 Å². The molecule has 78 valence electrons. The third kappa shape index (κ3) is 92.2. The zero-order valence-corrected chi connectivity index (χ0v) is 8.97. The Bertz CT molecular complexity index is 48.1. The zero-order chi connectivity index (χ0) is 10.8. The van der Waals surface area contributed by atoms with E-state index in [2.05, 4.69) is 0 Å². The maximum Gasteiger partial charge on any atom is 0.106 e. The first-order valence-corrected chi connectivity index (χ1v) is 3.15. The van der Waals surface area contributed by atoms with Crippen molar-refractivity contribution in [1.82, 2.24) is 0 Å². The van der Waals surface area contributed by atoms with E-state index in [-0.39, 0.29) is 17.4 Å². The summed E-state index contributed by atoms with van der Waals surface area (Å²) in [6.45, 7) is 8.00. The molecule has 0 amide bonds. The first-order chi connectivity index (χ1) is 6.00. The molecule has 0 aromatic carbocycles. The molecule has 1 fully saturated rings. The molecule has 0 aromatic rings. The number of hydrogen-bond acceptors (Lipinski definition) is 4. The van der Waals surface area contributed by atoms with Gasteiger partial charge in [0.05, 0.1) is 0 Å². The van der Waals surface area contributed by atoms with Gasteiger partial charge in [0.15, 0.2) is 0 Å². The van der Waals surface area contributed by atoms with Crippen molar-refractivity contribution in [3.05, 3.63) is 0 Å². The first kappa shape index (κ1) is 29.5. The Morgan fingerprint density at radius 2 is 0.538 bits per heavy atom. The summed E-state index contributed by atoms with van der Waals surface area (Å²) in [5.74, 6) is 0. The molecule has 0 spiro atoms. The van der Waals surface area contributed by atoms with Gasteiger partial charge in [-0.2, -0.15) is 0 Å². The van der Waals surface area contributed by atoms with E-state index in [0.717, 1.165) is 0 Å². The third-order valence-corrected chi connectivity index (χ3v) is 1.000. The zero-order valence-electron chi connectivity index (χ0n) is 7.70. The van der Waals surface area contributed by atoms with E-state index in [9.17, 15) is 0 Å². The number of hydrogen-bond donors (Lipinski definition) is 0. The molecule has 0 heterocycles. The van der Waals surface area contributed by atoms with Gasteiger partial charge >= 0.3 is 0 Å². The van der Waals surface area contributed by atoms with Gasteiger partial charge in [0.25, 0.3) is 0 Å². The first-order valence-electron chi connectivity index (χ1n) is 3.15. The Morgan fingerprint density at radius 3 is 0.538 bits per heavy atom. The van der Waals surface area contributed by atoms with Crippen LogP contribution in [-0.2, 0) is 36.5 Å². The van der Waals surface area contributed by atoms with E-state index in [4.69, 9.17) is 19.2 Å². The Balaban J connectivity index is -0.0000000215. The standard InChI is InChI=1S/C4H8.4CH2O.Cr/c1-2-4-3-1;4*1-2;/h1-4H2;4*1H2;. The normalized spacial score (nSPS) is 8.62. The summed E-state index contributed by atoms with van der Waals surface area (Å²) < 4.78 is 0. The van der Waals surface area contributed by atoms with Gasteiger partial charge in [-0.05, 0) is 0 Å². The molecule has 1 saturated carbocycles. The molecule has 1 rings (SSSR count). The largest absolute Gasteiger partial charge is 0.307 e. The summed E-state index contributed by atoms with van der Waals surface area (Å²) in [4.78, 5) is 32.0. The Morgan fingerprint density at radius 1 is 0.462 bits per heavy atom. The fraction of sp³-hybridized carbons (Fsp3) is 0.500. The van der Waals surface area contributed by atoms with Crippen LogP contribution in [0.3, 0.4) is 0 Å².